The number of aryl methyl sites for hydroxylation is 1. The molecule has 0 unspecified atom stereocenters. The summed E-state index contributed by atoms with van der Waals surface area (Å²) in [6.45, 7) is 16.6. The fraction of sp³-hybridized carbons (Fsp3) is 0.475. The lowest BCUT2D eigenvalue weighted by Crippen LogP contribution is -2.54. The van der Waals surface area contributed by atoms with E-state index in [-0.39, 0.29) is 29.0 Å². The molecule has 7 rings (SSSR count). The molecule has 2 aliphatic heterocycles. The number of anilines is 4. The molecule has 13 heteroatoms. The first kappa shape index (κ1) is 36.2. The molecule has 3 aliphatic rings. The van der Waals surface area contributed by atoms with Gasteiger partial charge in [0.15, 0.2) is 0 Å². The first-order valence-corrected chi connectivity index (χ1v) is 18.4. The molecule has 0 saturated carbocycles. The zero-order chi connectivity index (χ0) is 38.0. The molecule has 4 aromatic rings. The molecule has 2 atom stereocenters. The van der Waals surface area contributed by atoms with E-state index in [1.54, 1.807) is 54.5 Å². The second-order valence-corrected chi connectivity index (χ2v) is 16.5. The summed E-state index contributed by atoms with van der Waals surface area (Å²) in [5.41, 5.74) is 5.61. The molecule has 6 heterocycles. The van der Waals surface area contributed by atoms with E-state index in [9.17, 15) is 19.5 Å². The summed E-state index contributed by atoms with van der Waals surface area (Å²) < 4.78 is 9.22. The predicted octanol–water partition coefficient (Wildman–Crippen LogP) is 5.67. The van der Waals surface area contributed by atoms with Crippen LogP contribution in [0.3, 0.4) is 0 Å². The highest BCUT2D eigenvalue weighted by Gasteiger charge is 2.38. The number of rotatable bonds is 6. The molecule has 0 spiro atoms. The molecule has 1 fully saturated rings. The van der Waals surface area contributed by atoms with Crippen molar-refractivity contribution in [1.29, 1.82) is 0 Å². The molecule has 1 aliphatic carbocycles. The van der Waals surface area contributed by atoms with E-state index in [0.717, 1.165) is 18.5 Å². The second kappa shape index (κ2) is 13.4. The number of ether oxygens (including phenoxy) is 1. The Morgan fingerprint density at radius 1 is 1.06 bits per heavy atom. The molecule has 53 heavy (non-hydrogen) atoms. The van der Waals surface area contributed by atoms with Crippen LogP contribution in [0.15, 0.2) is 53.7 Å². The van der Waals surface area contributed by atoms with E-state index in [0.29, 0.717) is 72.4 Å². The number of nitrogens with zero attached hydrogens (tertiary/aromatic N) is 7. The summed E-state index contributed by atoms with van der Waals surface area (Å²) in [5.74, 6) is 0.773. The number of aliphatic hydroxyl groups excluding tert-OH is 1. The van der Waals surface area contributed by atoms with Crippen molar-refractivity contribution < 1.29 is 19.4 Å². The van der Waals surface area contributed by atoms with E-state index in [2.05, 4.69) is 45.5 Å². The van der Waals surface area contributed by atoms with Crippen LogP contribution in [0.25, 0.3) is 11.1 Å². The molecule has 13 nitrogen and oxygen atoms in total. The van der Waals surface area contributed by atoms with Crippen LogP contribution in [0.2, 0.25) is 0 Å². The Hall–Kier alpha value is -5.17. The van der Waals surface area contributed by atoms with Gasteiger partial charge in [-0.3, -0.25) is 14.5 Å². The number of piperazine rings is 1. The molecule has 2 amide bonds. The molecule has 0 aromatic carbocycles. The molecule has 4 aromatic heterocycles. The number of hydrogen-bond acceptors (Lipinski definition) is 9. The van der Waals surface area contributed by atoms with Gasteiger partial charge in [-0.1, -0.05) is 13.8 Å². The molecule has 1 saturated heterocycles. The van der Waals surface area contributed by atoms with Gasteiger partial charge in [0.25, 0.3) is 11.5 Å². The highest BCUT2D eigenvalue weighted by Crippen LogP contribution is 2.41. The Balaban J connectivity index is 1.12. The van der Waals surface area contributed by atoms with Crippen molar-refractivity contribution in [3.63, 3.8) is 0 Å². The Morgan fingerprint density at radius 2 is 1.83 bits per heavy atom. The topological polar surface area (TPSA) is 138 Å². The highest BCUT2D eigenvalue weighted by molar-refractivity contribution is 6.06. The van der Waals surface area contributed by atoms with E-state index < -0.39 is 11.7 Å². The number of hydrogen-bond donors (Lipinski definition) is 2. The molecule has 0 radical (unpaired) electrons. The minimum atomic E-state index is -0.947. The maximum absolute atomic E-state index is 14.0. The average Bonchev–Trinajstić information content (AvgIpc) is 3.58. The van der Waals surface area contributed by atoms with Crippen molar-refractivity contribution in [1.82, 2.24) is 24.0 Å². The number of fused-ring (bicyclic) bond motifs is 3. The van der Waals surface area contributed by atoms with E-state index in [1.165, 1.54) is 15.8 Å². The van der Waals surface area contributed by atoms with Crippen LogP contribution >= 0.6 is 0 Å². The van der Waals surface area contributed by atoms with Gasteiger partial charge in [-0.15, -0.1) is 0 Å². The molecular formula is C40H50N8O5. The third-order valence-electron chi connectivity index (χ3n) is 10.4. The number of carbonyl (C=O) groups is 2. The summed E-state index contributed by atoms with van der Waals surface area (Å²) in [7, 11) is 1.68. The van der Waals surface area contributed by atoms with Crippen LogP contribution < -0.4 is 20.7 Å². The number of aliphatic hydroxyl groups is 1. The number of pyridine rings is 3. The largest absolute Gasteiger partial charge is 0.444 e. The average molecular weight is 723 g/mol. The lowest BCUT2D eigenvalue weighted by molar-refractivity contribution is 0.0218. The lowest BCUT2D eigenvalue weighted by atomic mass is 9.90. The van der Waals surface area contributed by atoms with Crippen LogP contribution in [0.1, 0.15) is 81.9 Å². The Morgan fingerprint density at radius 3 is 2.51 bits per heavy atom. The first-order chi connectivity index (χ1) is 25.0. The third kappa shape index (κ3) is 7.01. The predicted molar refractivity (Wildman–Crippen MR) is 205 cm³/mol. The lowest BCUT2D eigenvalue weighted by Gasteiger charge is -2.41. The maximum Gasteiger partial charge on any atom is 0.410 e. The summed E-state index contributed by atoms with van der Waals surface area (Å²) in [6, 6.07) is 9.41. The van der Waals surface area contributed by atoms with Crippen LogP contribution in [0.5, 0.6) is 0 Å². The van der Waals surface area contributed by atoms with Crippen molar-refractivity contribution in [3.05, 3.63) is 81.8 Å². The van der Waals surface area contributed by atoms with E-state index in [4.69, 9.17) is 4.74 Å². The molecule has 0 bridgehead atoms. The van der Waals surface area contributed by atoms with Crippen LogP contribution in [-0.4, -0.2) is 78.9 Å². The maximum atomic E-state index is 14.0. The molecular weight excluding hydrogens is 672 g/mol. The number of aromatic nitrogens is 4. The molecule has 280 valence electrons. The summed E-state index contributed by atoms with van der Waals surface area (Å²) in [6.07, 6.45) is 5.76. The zero-order valence-corrected chi connectivity index (χ0v) is 31.9. The van der Waals surface area contributed by atoms with Crippen molar-refractivity contribution >= 4 is 35.0 Å². The van der Waals surface area contributed by atoms with Gasteiger partial charge in [0.1, 0.15) is 28.6 Å². The van der Waals surface area contributed by atoms with E-state index >= 15 is 0 Å². The van der Waals surface area contributed by atoms with Gasteiger partial charge in [0.2, 0.25) is 0 Å². The normalized spacial score (nSPS) is 18.8. The Labute approximate surface area is 310 Å². The highest BCUT2D eigenvalue weighted by atomic mass is 16.6. The van der Waals surface area contributed by atoms with Gasteiger partial charge in [-0.25, -0.2) is 14.8 Å². The first-order valence-electron chi connectivity index (χ1n) is 18.4. The van der Waals surface area contributed by atoms with Gasteiger partial charge < -0.3 is 34.1 Å². The number of nitrogens with one attached hydrogen (secondary N) is 1. The smallest absolute Gasteiger partial charge is 0.410 e. The fourth-order valence-corrected chi connectivity index (χ4v) is 8.00. The van der Waals surface area contributed by atoms with Gasteiger partial charge >= 0.3 is 6.09 Å². The quantitative estimate of drug-likeness (QED) is 0.258. The van der Waals surface area contributed by atoms with Gasteiger partial charge in [-0.2, -0.15) is 0 Å². The summed E-state index contributed by atoms with van der Waals surface area (Å²) >= 11 is 0. The van der Waals surface area contributed by atoms with Crippen LogP contribution in [0, 0.1) is 5.41 Å². The minimum Gasteiger partial charge on any atom is -0.444 e. The van der Waals surface area contributed by atoms with Crippen LogP contribution in [0.4, 0.5) is 27.8 Å². The summed E-state index contributed by atoms with van der Waals surface area (Å²) in [4.78, 5) is 54.9. The van der Waals surface area contributed by atoms with Crippen molar-refractivity contribution in [3.8, 4) is 11.1 Å². The summed E-state index contributed by atoms with van der Waals surface area (Å²) in [5, 5.41) is 14.4. The monoisotopic (exact) mass is 722 g/mol. The van der Waals surface area contributed by atoms with Crippen molar-refractivity contribution in [2.75, 3.05) is 41.3 Å². The van der Waals surface area contributed by atoms with E-state index in [1.807, 2.05) is 39.0 Å². The SMILES string of the molecule is C[C@@H](O)c1c(-c2cc(Nc3ccc(N4CCN(C(=O)OC(C)(C)C)C[C@@H]4C)cn3)c(=O)n(C)c2)ccnc1N1CCn2c(cc3c2CC(C)(C)C3)C1=O. The van der Waals surface area contributed by atoms with Crippen molar-refractivity contribution in [2.24, 2.45) is 12.5 Å². The zero-order valence-electron chi connectivity index (χ0n) is 31.9. The molecule has 2 N–H and O–H groups in total. The Bertz CT molecular complexity index is 2130. The fourth-order valence-electron chi connectivity index (χ4n) is 8.00. The van der Waals surface area contributed by atoms with Gasteiger partial charge in [-0.05, 0) is 94.3 Å². The minimum absolute atomic E-state index is 0.0492. The van der Waals surface area contributed by atoms with Gasteiger partial charge in [0.05, 0.1) is 18.0 Å². The van der Waals surface area contributed by atoms with Gasteiger partial charge in [0, 0.05) is 75.0 Å². The standard InChI is InChI=1S/C40H50N8O5/c1-24-22-45(38(52)53-39(3,4)5)13-14-46(24)28-9-10-33(42-21-28)43-30-17-27(23-44(8)36(30)50)29-11-12-41-35(34(29)25(2)49)48-16-15-47-31(37(48)51)18-26-19-40(6,7)20-32(26)47/h9-12,17-18,21,23-25,49H,13-16,19-20,22H2,1-8H3,(H,42,43)/t24-,25+/m0/s1. The van der Waals surface area contributed by atoms with Crippen LogP contribution in [-0.2, 0) is 31.2 Å². The Kier molecular flexibility index (Phi) is 9.12. The number of amides is 2. The number of carbonyl (C=O) groups excluding carboxylic acids is 2. The third-order valence-corrected chi connectivity index (χ3v) is 10.4. The van der Waals surface area contributed by atoms with Crippen molar-refractivity contribution in [2.45, 2.75) is 85.6 Å². The second-order valence-electron chi connectivity index (χ2n) is 16.5.